The Kier molecular flexibility index (Phi) is 2.60. The van der Waals surface area contributed by atoms with Crippen molar-refractivity contribution in [3.63, 3.8) is 0 Å². The fourth-order valence-electron chi connectivity index (χ4n) is 0.122. The third-order valence-corrected chi connectivity index (χ3v) is 0.427. The summed E-state index contributed by atoms with van der Waals surface area (Å²) in [7, 11) is 1.23. The zero-order valence-corrected chi connectivity index (χ0v) is 3.92. The highest BCUT2D eigenvalue weighted by Gasteiger charge is 2.05. The van der Waals surface area contributed by atoms with Gasteiger partial charge in [0.25, 0.3) is 0 Å². The maximum Gasteiger partial charge on any atom is 0.399 e. The maximum absolute atomic E-state index is 9.94. The van der Waals surface area contributed by atoms with Crippen LogP contribution in [0.2, 0.25) is 0 Å². The molecule has 0 amide bonds. The Balaban J connectivity index is 3.23. The van der Waals surface area contributed by atoms with Crippen molar-refractivity contribution in [2.45, 2.75) is 0 Å². The summed E-state index contributed by atoms with van der Waals surface area (Å²) in [5.74, 6) is -0.539. The van der Waals surface area contributed by atoms with E-state index in [0.29, 0.717) is 0 Å². The molecule has 0 aromatic heterocycles. The molecule has 4 heteroatoms. The molecule has 0 unspecified atom stereocenters. The van der Waals surface area contributed by atoms with Crippen molar-refractivity contribution < 1.29 is 9.53 Å². The first-order valence-corrected chi connectivity index (χ1v) is 1.69. The Labute approximate surface area is 40.7 Å². The smallest absolute Gasteiger partial charge is 0.399 e. The van der Waals surface area contributed by atoms with Gasteiger partial charge in [-0.3, -0.25) is 0 Å². The molecule has 0 aliphatic rings. The van der Waals surface area contributed by atoms with Gasteiger partial charge in [-0.2, -0.15) is 0 Å². The second-order valence-corrected chi connectivity index (χ2v) is 0.876. The first-order valence-electron chi connectivity index (χ1n) is 1.69. The van der Waals surface area contributed by atoms with Gasteiger partial charge in [0.15, 0.2) is 0 Å². The fourth-order valence-corrected chi connectivity index (χ4v) is 0.122. The van der Waals surface area contributed by atoms with Crippen LogP contribution < -0.4 is 0 Å². The van der Waals surface area contributed by atoms with Crippen molar-refractivity contribution in [1.29, 1.82) is 5.39 Å². The molecule has 0 atom stereocenters. The first-order chi connectivity index (χ1) is 3.31. The highest BCUT2D eigenvalue weighted by molar-refractivity contribution is 5.72. The van der Waals surface area contributed by atoms with E-state index in [1.165, 1.54) is 7.11 Å². The molecule has 4 nitrogen and oxygen atoms in total. The van der Waals surface area contributed by atoms with Crippen molar-refractivity contribution in [1.82, 2.24) is 0 Å². The highest BCUT2D eigenvalue weighted by Crippen LogP contribution is 1.71. The molecule has 38 valence electrons. The van der Waals surface area contributed by atoms with E-state index in [1.54, 1.807) is 0 Å². The highest BCUT2D eigenvalue weighted by atomic mass is 16.5. The molecule has 0 radical (unpaired) electrons. The molecule has 0 aromatic carbocycles. The van der Waals surface area contributed by atoms with Crippen LogP contribution in [0.5, 0.6) is 0 Å². The number of hydrogen-bond donors (Lipinski definition) is 0. The minimum absolute atomic E-state index is 0.281. The third-order valence-electron chi connectivity index (χ3n) is 0.427. The quantitative estimate of drug-likeness (QED) is 0.345. The number of esters is 1. The van der Waals surface area contributed by atoms with E-state index in [0.717, 1.165) is 0 Å². The molecule has 0 saturated heterocycles. The molecule has 0 bridgehead atoms. The Hall–Kier alpha value is -1.11. The minimum atomic E-state index is -0.539. The predicted octanol–water partition coefficient (Wildman–Crippen LogP) is 0.0125. The van der Waals surface area contributed by atoms with E-state index >= 15 is 0 Å². The Morgan fingerprint density at radius 2 is 2.57 bits per heavy atom. The van der Waals surface area contributed by atoms with Gasteiger partial charge in [-0.1, -0.05) is 0 Å². The van der Waals surface area contributed by atoms with Crippen molar-refractivity contribution >= 4 is 5.97 Å². The number of rotatable bonds is 1. The number of ether oxygens (including phenoxy) is 1. The zero-order chi connectivity index (χ0) is 5.70. The molecule has 0 rings (SSSR count). The van der Waals surface area contributed by atoms with Gasteiger partial charge in [0.1, 0.15) is 4.98 Å². The molecule has 0 aromatic rings. The lowest BCUT2D eigenvalue weighted by atomic mass is 10.7. The maximum atomic E-state index is 9.94. The van der Waals surface area contributed by atoms with Gasteiger partial charge in [-0.25, -0.2) is 4.79 Å². The summed E-state index contributed by atoms with van der Waals surface area (Å²) >= 11 is 0. The van der Waals surface area contributed by atoms with Crippen molar-refractivity contribution in [2.75, 3.05) is 13.7 Å². The molecule has 0 spiro atoms. The van der Waals surface area contributed by atoms with Crippen LogP contribution in [0.25, 0.3) is 4.98 Å². The predicted molar refractivity (Wildman–Crippen MR) is 22.0 cm³/mol. The lowest BCUT2D eigenvalue weighted by Gasteiger charge is -1.79. The summed E-state index contributed by atoms with van der Waals surface area (Å²) in [5.41, 5.74) is 0. The van der Waals surface area contributed by atoms with Crippen LogP contribution in [0, 0.1) is 5.39 Å². The monoisotopic (exact) mass is 101 g/mol. The van der Waals surface area contributed by atoms with Gasteiger partial charge in [0, 0.05) is 0 Å². The fraction of sp³-hybridized carbons (Fsp3) is 0.667. The van der Waals surface area contributed by atoms with Crippen LogP contribution in [0.1, 0.15) is 0 Å². The second-order valence-electron chi connectivity index (χ2n) is 0.876. The normalized spacial score (nSPS) is 6.86. The molecule has 7 heavy (non-hydrogen) atoms. The number of methoxy groups -OCH3 is 1. The molecular formula is C3H5N2O2+. The number of nitrogens with zero attached hydrogens (tertiary/aromatic N) is 2. The molecular weight excluding hydrogens is 96.0 g/mol. The van der Waals surface area contributed by atoms with E-state index in [2.05, 4.69) is 9.71 Å². The zero-order valence-electron chi connectivity index (χ0n) is 3.92. The van der Waals surface area contributed by atoms with Crippen molar-refractivity contribution in [3.05, 3.63) is 4.98 Å². The number of diazo groups is 1. The largest absolute Gasteiger partial charge is 0.463 e. The van der Waals surface area contributed by atoms with Crippen molar-refractivity contribution in [2.24, 2.45) is 0 Å². The molecule has 0 aliphatic carbocycles. The van der Waals surface area contributed by atoms with Crippen LogP contribution in [0.3, 0.4) is 0 Å². The van der Waals surface area contributed by atoms with Crippen LogP contribution in [0.15, 0.2) is 0 Å². The number of carbonyl (C=O) groups excluding carboxylic acids is 1. The van der Waals surface area contributed by atoms with E-state index in [9.17, 15) is 4.79 Å². The standard InChI is InChI=1S/C3H5N2O2/c1-7-3(6)2-5-4/h2H2,1H3/q+1. The van der Waals surface area contributed by atoms with Crippen LogP contribution in [0.4, 0.5) is 0 Å². The SMILES string of the molecule is COC(=O)C[N+]#N. The molecule has 0 heterocycles. The third kappa shape index (κ3) is 2.70. The van der Waals surface area contributed by atoms with Crippen LogP contribution in [-0.4, -0.2) is 19.6 Å². The summed E-state index contributed by atoms with van der Waals surface area (Å²) in [6.07, 6.45) is 0. The topological polar surface area (TPSA) is 54.5 Å². The van der Waals surface area contributed by atoms with E-state index in [-0.39, 0.29) is 6.54 Å². The molecule has 0 saturated carbocycles. The molecule has 0 N–H and O–H groups in total. The first kappa shape index (κ1) is 5.89. The average Bonchev–Trinajstić information content (AvgIpc) is 1.68. The molecule has 0 fully saturated rings. The van der Waals surface area contributed by atoms with Crippen molar-refractivity contribution in [3.8, 4) is 0 Å². The Bertz CT molecular complexity index is 104. The van der Waals surface area contributed by atoms with Gasteiger partial charge in [-0.05, 0) is 0 Å². The number of carbonyl (C=O) groups is 1. The van der Waals surface area contributed by atoms with E-state index < -0.39 is 5.97 Å². The summed E-state index contributed by atoms with van der Waals surface area (Å²) in [6, 6.07) is 0. The van der Waals surface area contributed by atoms with E-state index in [1.807, 2.05) is 0 Å². The van der Waals surface area contributed by atoms with Gasteiger partial charge in [-0.15, -0.1) is 0 Å². The number of hydrogen-bond acceptors (Lipinski definition) is 3. The Morgan fingerprint density at radius 3 is 2.71 bits per heavy atom. The lowest BCUT2D eigenvalue weighted by Crippen LogP contribution is -2.01. The van der Waals surface area contributed by atoms with Crippen LogP contribution >= 0.6 is 0 Å². The Morgan fingerprint density at radius 1 is 2.00 bits per heavy atom. The molecule has 0 aliphatic heterocycles. The van der Waals surface area contributed by atoms with Gasteiger partial charge >= 0.3 is 12.5 Å². The summed E-state index contributed by atoms with van der Waals surface area (Å²) < 4.78 is 4.10. The summed E-state index contributed by atoms with van der Waals surface area (Å²) in [6.45, 7) is -0.281. The van der Waals surface area contributed by atoms with Crippen LogP contribution in [-0.2, 0) is 9.53 Å². The minimum Gasteiger partial charge on any atom is -0.463 e. The average molecular weight is 101 g/mol. The van der Waals surface area contributed by atoms with Gasteiger partial charge < -0.3 is 4.74 Å². The van der Waals surface area contributed by atoms with Gasteiger partial charge in [0.2, 0.25) is 5.39 Å². The summed E-state index contributed by atoms with van der Waals surface area (Å²) in [5, 5.41) is 7.69. The second kappa shape index (κ2) is 3.09. The summed E-state index contributed by atoms with van der Waals surface area (Å²) in [4.78, 5) is 12.5. The van der Waals surface area contributed by atoms with Gasteiger partial charge in [0.05, 0.1) is 7.11 Å². The lowest BCUT2D eigenvalue weighted by molar-refractivity contribution is -0.138. The van der Waals surface area contributed by atoms with E-state index in [4.69, 9.17) is 5.39 Å².